The second kappa shape index (κ2) is 29.9. The van der Waals surface area contributed by atoms with E-state index in [0.717, 1.165) is 38.5 Å². The summed E-state index contributed by atoms with van der Waals surface area (Å²) in [5.74, 6) is -4.03. The molecule has 2 unspecified atom stereocenters. The molecular formula is C44H58F12NO12P. The van der Waals surface area contributed by atoms with Crippen molar-refractivity contribution in [1.82, 2.24) is 0 Å². The lowest BCUT2D eigenvalue weighted by Gasteiger charge is -2.21. The zero-order valence-corrected chi connectivity index (χ0v) is 38.8. The Bertz CT molecular complexity index is 1770. The van der Waals surface area contributed by atoms with Gasteiger partial charge in [0.05, 0.1) is 42.1 Å². The summed E-state index contributed by atoms with van der Waals surface area (Å²) in [6.07, 6.45) is -11.7. The molecule has 0 radical (unpaired) electrons. The summed E-state index contributed by atoms with van der Waals surface area (Å²) < 4.78 is 199. The maximum Gasteiger partial charge on any atom is 0.472 e. The smallest absolute Gasteiger partial charge is 0.472 e. The largest absolute Gasteiger partial charge is 0.494 e. The van der Waals surface area contributed by atoms with E-state index < -0.39 is 116 Å². The molecule has 70 heavy (non-hydrogen) atoms. The van der Waals surface area contributed by atoms with E-state index in [4.69, 9.17) is 34.3 Å². The molecule has 0 aliphatic heterocycles. The van der Waals surface area contributed by atoms with Gasteiger partial charge in [-0.3, -0.25) is 23.4 Å². The Kier molecular flexibility index (Phi) is 26.4. The maximum atomic E-state index is 13.0. The first kappa shape index (κ1) is 61.8. The first-order valence-corrected chi connectivity index (χ1v) is 23.9. The number of unbranched alkanes of at least 4 members (excludes halogenated alkanes) is 14. The van der Waals surface area contributed by atoms with Crippen LogP contribution in [0.2, 0.25) is 0 Å². The quantitative estimate of drug-likeness (QED) is 0.0260. The first-order valence-electron chi connectivity index (χ1n) is 22.4. The summed E-state index contributed by atoms with van der Waals surface area (Å²) in [5, 5.41) is 8.92. The van der Waals surface area contributed by atoms with Gasteiger partial charge in [-0.1, -0.05) is 77.0 Å². The molecule has 0 bridgehead atoms. The lowest BCUT2D eigenvalue weighted by atomic mass is 10.1. The van der Waals surface area contributed by atoms with Gasteiger partial charge in [-0.2, -0.15) is 52.7 Å². The summed E-state index contributed by atoms with van der Waals surface area (Å²) in [7, 11) is -5.00. The van der Waals surface area contributed by atoms with Gasteiger partial charge in [-0.05, 0) is 62.1 Å². The fraction of sp³-hybridized carbons (Fsp3) is 0.659. The molecule has 0 amide bonds. The minimum absolute atomic E-state index is 0.0197. The number of carbonyl (C=O) groups excluding carboxylic acids is 2. The molecule has 0 aliphatic rings. The van der Waals surface area contributed by atoms with Gasteiger partial charge in [0.25, 0.3) is 0 Å². The zero-order valence-electron chi connectivity index (χ0n) is 37.9. The monoisotopic (exact) mass is 1050 g/mol. The number of carbonyl (C=O) groups is 3. The number of halogens is 12. The number of carboxylic acid groups (broad SMARTS) is 1. The third-order valence-electron chi connectivity index (χ3n) is 10.1. The SMILES string of the molecule is NC(COP(=O)(O)OC(COC(=O)CCCCCCCCCCOc1cc(C(F)(F)F)cc(C(F)(F)F)c1)COC(=O)CCCCCCCCCCOc1cc(C(F)(F)F)cc(C(F)(F)F)c1)C(=O)O. The Hall–Kier alpha value is -4.32. The van der Waals surface area contributed by atoms with E-state index in [2.05, 4.69) is 4.52 Å². The number of hydrogen-bond acceptors (Lipinski definition) is 11. The molecule has 0 heterocycles. The van der Waals surface area contributed by atoms with Gasteiger partial charge in [0.2, 0.25) is 0 Å². The van der Waals surface area contributed by atoms with Crippen LogP contribution in [0.4, 0.5) is 52.7 Å². The van der Waals surface area contributed by atoms with Gasteiger partial charge in [0, 0.05) is 12.8 Å². The molecular weight excluding hydrogens is 993 g/mol. The second-order valence-corrected chi connectivity index (χ2v) is 17.5. The fourth-order valence-corrected chi connectivity index (χ4v) is 7.26. The highest BCUT2D eigenvalue weighted by Crippen LogP contribution is 2.45. The van der Waals surface area contributed by atoms with Gasteiger partial charge in [-0.15, -0.1) is 0 Å². The molecule has 0 saturated heterocycles. The van der Waals surface area contributed by atoms with Crippen LogP contribution in [0, 0.1) is 0 Å². The van der Waals surface area contributed by atoms with Gasteiger partial charge < -0.3 is 34.7 Å². The zero-order chi connectivity index (χ0) is 52.6. The molecule has 0 fully saturated rings. The molecule has 0 aromatic heterocycles. The summed E-state index contributed by atoms with van der Waals surface area (Å²) in [6, 6.07) is 0.421. The van der Waals surface area contributed by atoms with Crippen molar-refractivity contribution in [2.45, 2.75) is 152 Å². The standard InChI is InChI=1S/C44H58F12NO12P/c45-41(46,47)30-21-31(42(48,49)50)24-34(23-30)64-19-15-11-7-3-1-5-9-13-17-38(58)66-27-36(69-70(62,63)68-29-37(57)40(60)61)28-67-39(59)18-14-10-6-2-4-8-12-16-20-65-35-25-32(43(51,52)53)22-33(26-35)44(54,55)56/h21-26,36-37H,1-20,27-29,57H2,(H,60,61)(H,62,63). The van der Waals surface area contributed by atoms with Crippen molar-refractivity contribution in [2.75, 3.05) is 33.0 Å². The van der Waals surface area contributed by atoms with Crippen molar-refractivity contribution in [3.63, 3.8) is 0 Å². The van der Waals surface area contributed by atoms with Crippen molar-refractivity contribution in [2.24, 2.45) is 5.73 Å². The van der Waals surface area contributed by atoms with Crippen LogP contribution in [0.3, 0.4) is 0 Å². The normalized spacial score (nSPS) is 13.8. The summed E-state index contributed by atoms with van der Waals surface area (Å²) in [5.41, 5.74) is -0.574. The Balaban J connectivity index is 1.65. The lowest BCUT2D eigenvalue weighted by molar-refractivity contribution is -0.152. The predicted molar refractivity (Wildman–Crippen MR) is 225 cm³/mol. The van der Waals surface area contributed by atoms with Crippen LogP contribution in [-0.4, -0.2) is 73.1 Å². The predicted octanol–water partition coefficient (Wildman–Crippen LogP) is 12.2. The highest BCUT2D eigenvalue weighted by molar-refractivity contribution is 7.47. The van der Waals surface area contributed by atoms with E-state index >= 15 is 0 Å². The molecule has 4 N–H and O–H groups in total. The molecule has 400 valence electrons. The van der Waals surface area contributed by atoms with Crippen LogP contribution in [-0.2, 0) is 62.2 Å². The number of phosphoric acid groups is 1. The molecule has 0 aliphatic carbocycles. The molecule has 2 aromatic carbocycles. The van der Waals surface area contributed by atoms with Crippen molar-refractivity contribution < 1.29 is 110 Å². The van der Waals surface area contributed by atoms with Crippen LogP contribution in [0.15, 0.2) is 36.4 Å². The molecule has 13 nitrogen and oxygen atoms in total. The minimum atomic E-state index is -5.00. The van der Waals surface area contributed by atoms with Gasteiger partial charge >= 0.3 is 50.4 Å². The number of alkyl halides is 12. The third kappa shape index (κ3) is 26.8. The molecule has 2 atom stereocenters. The Morgan fingerprint density at radius 3 is 1.10 bits per heavy atom. The van der Waals surface area contributed by atoms with E-state index in [1.807, 2.05) is 0 Å². The Morgan fingerprint density at radius 2 is 0.800 bits per heavy atom. The number of benzene rings is 2. The van der Waals surface area contributed by atoms with Crippen molar-refractivity contribution >= 4 is 25.7 Å². The van der Waals surface area contributed by atoms with Gasteiger partial charge in [-0.25, -0.2) is 4.57 Å². The van der Waals surface area contributed by atoms with Crippen molar-refractivity contribution in [1.29, 1.82) is 0 Å². The number of rotatable bonds is 34. The van der Waals surface area contributed by atoms with E-state index in [-0.39, 0.29) is 38.2 Å². The number of carboxylic acids is 1. The van der Waals surface area contributed by atoms with E-state index in [1.165, 1.54) is 0 Å². The summed E-state index contributed by atoms with van der Waals surface area (Å²) in [6.45, 7) is -2.39. The van der Waals surface area contributed by atoms with Crippen LogP contribution in [0.5, 0.6) is 11.5 Å². The van der Waals surface area contributed by atoms with Crippen LogP contribution >= 0.6 is 7.82 Å². The summed E-state index contributed by atoms with van der Waals surface area (Å²) >= 11 is 0. The number of aliphatic carboxylic acids is 1. The summed E-state index contributed by atoms with van der Waals surface area (Å²) in [4.78, 5) is 46.0. The molecule has 0 saturated carbocycles. The van der Waals surface area contributed by atoms with E-state index in [9.17, 15) is 76.5 Å². The van der Waals surface area contributed by atoms with Crippen LogP contribution in [0.25, 0.3) is 0 Å². The average Bonchev–Trinajstić information content (AvgIpc) is 3.25. The minimum Gasteiger partial charge on any atom is -0.494 e. The van der Waals surface area contributed by atoms with Gasteiger partial charge in [0.15, 0.2) is 0 Å². The van der Waals surface area contributed by atoms with Crippen LogP contribution in [0.1, 0.15) is 138 Å². The lowest BCUT2D eigenvalue weighted by Crippen LogP contribution is -2.35. The van der Waals surface area contributed by atoms with E-state index in [0.29, 0.717) is 88.5 Å². The van der Waals surface area contributed by atoms with Crippen molar-refractivity contribution in [3.05, 3.63) is 58.7 Å². The number of hydrogen-bond donors (Lipinski definition) is 3. The maximum absolute atomic E-state index is 13.0. The second-order valence-electron chi connectivity index (χ2n) is 16.1. The number of ether oxygens (including phenoxy) is 4. The van der Waals surface area contributed by atoms with Gasteiger partial charge in [0.1, 0.15) is 36.9 Å². The highest BCUT2D eigenvalue weighted by Gasteiger charge is 2.39. The molecule has 0 spiro atoms. The molecule has 26 heteroatoms. The average molecular weight is 1050 g/mol. The Labute approximate surface area is 396 Å². The van der Waals surface area contributed by atoms with Crippen LogP contribution < -0.4 is 15.2 Å². The number of phosphoric ester groups is 1. The van der Waals surface area contributed by atoms with E-state index in [1.54, 1.807) is 0 Å². The third-order valence-corrected chi connectivity index (χ3v) is 11.1. The Morgan fingerprint density at radius 1 is 0.500 bits per heavy atom. The molecule has 2 rings (SSSR count). The highest BCUT2D eigenvalue weighted by atomic mass is 31.2. The first-order chi connectivity index (χ1) is 32.6. The number of nitrogens with two attached hydrogens (primary N) is 1. The van der Waals surface area contributed by atoms with Crippen molar-refractivity contribution in [3.8, 4) is 11.5 Å². The number of esters is 2. The topological polar surface area (TPSA) is 190 Å². The fourth-order valence-electron chi connectivity index (χ4n) is 6.35. The molecule has 2 aromatic rings.